The molecule has 1 aromatic carbocycles. The van der Waals surface area contributed by atoms with E-state index in [0.29, 0.717) is 11.4 Å². The van der Waals surface area contributed by atoms with Gasteiger partial charge >= 0.3 is 5.97 Å². The van der Waals surface area contributed by atoms with E-state index in [4.69, 9.17) is 4.74 Å². The highest BCUT2D eigenvalue weighted by Crippen LogP contribution is 2.16. The van der Waals surface area contributed by atoms with Gasteiger partial charge in [-0.3, -0.25) is 19.3 Å². The molecule has 1 rings (SSSR count). The molecular formula is C15H21N3O5. The molecule has 0 aromatic heterocycles. The molecule has 23 heavy (non-hydrogen) atoms. The van der Waals surface area contributed by atoms with Gasteiger partial charge in [0.1, 0.15) is 12.3 Å². The molecule has 0 bridgehead atoms. The van der Waals surface area contributed by atoms with E-state index in [1.807, 2.05) is 0 Å². The van der Waals surface area contributed by atoms with Crippen LogP contribution in [0.2, 0.25) is 0 Å². The number of esters is 1. The van der Waals surface area contributed by atoms with Gasteiger partial charge in [0.25, 0.3) is 0 Å². The van der Waals surface area contributed by atoms with Crippen molar-refractivity contribution in [2.24, 2.45) is 0 Å². The molecule has 0 heterocycles. The van der Waals surface area contributed by atoms with Gasteiger partial charge in [-0.05, 0) is 19.2 Å². The molecule has 0 saturated carbocycles. The number of nitrogens with one attached hydrogen (secondary N) is 2. The van der Waals surface area contributed by atoms with Crippen molar-refractivity contribution in [3.05, 3.63) is 24.3 Å². The molecule has 0 aliphatic rings. The zero-order valence-corrected chi connectivity index (χ0v) is 13.4. The Morgan fingerprint density at radius 1 is 1.13 bits per heavy atom. The number of carbonyl (C=O) groups excluding carboxylic acids is 3. The van der Waals surface area contributed by atoms with Crippen LogP contribution in [0.5, 0.6) is 5.75 Å². The summed E-state index contributed by atoms with van der Waals surface area (Å²) in [6.07, 6.45) is 0. The number of benzene rings is 1. The van der Waals surface area contributed by atoms with Crippen LogP contribution < -0.4 is 15.4 Å². The van der Waals surface area contributed by atoms with Crippen LogP contribution in [-0.2, 0) is 19.1 Å². The summed E-state index contributed by atoms with van der Waals surface area (Å²) in [5.41, 5.74) is 0.609. The standard InChI is InChI=1S/C15H21N3O5/c1-18(9-13(19)16-8-15(21)23-3)10-14(20)17-11-5-4-6-12(7-11)22-2/h4-7H,8-10H2,1-3H3,(H,16,19)(H,17,20). The molecule has 0 aliphatic heterocycles. The third-order valence-electron chi connectivity index (χ3n) is 2.84. The Kier molecular flexibility index (Phi) is 7.55. The molecule has 0 fully saturated rings. The molecule has 0 aliphatic carbocycles. The Balaban J connectivity index is 2.38. The SMILES string of the molecule is COC(=O)CNC(=O)CN(C)CC(=O)Nc1cccc(OC)c1. The third-order valence-corrected chi connectivity index (χ3v) is 2.84. The number of nitrogens with zero attached hydrogens (tertiary/aromatic N) is 1. The van der Waals surface area contributed by atoms with Gasteiger partial charge in [-0.25, -0.2) is 0 Å². The second-order valence-electron chi connectivity index (χ2n) is 4.81. The second kappa shape index (κ2) is 9.42. The number of anilines is 1. The molecule has 0 atom stereocenters. The van der Waals surface area contributed by atoms with Gasteiger partial charge in [-0.2, -0.15) is 0 Å². The van der Waals surface area contributed by atoms with E-state index >= 15 is 0 Å². The summed E-state index contributed by atoms with van der Waals surface area (Å²) >= 11 is 0. The van der Waals surface area contributed by atoms with E-state index in [-0.39, 0.29) is 31.4 Å². The number of likely N-dealkylation sites (N-methyl/N-ethyl adjacent to an activating group) is 1. The Hall–Kier alpha value is -2.61. The summed E-state index contributed by atoms with van der Waals surface area (Å²) < 4.78 is 9.49. The van der Waals surface area contributed by atoms with E-state index in [2.05, 4.69) is 15.4 Å². The van der Waals surface area contributed by atoms with E-state index in [1.54, 1.807) is 38.4 Å². The Labute approximate surface area is 134 Å². The van der Waals surface area contributed by atoms with Crippen LogP contribution in [0.25, 0.3) is 0 Å². The average molecular weight is 323 g/mol. The van der Waals surface area contributed by atoms with Crippen LogP contribution in [0, 0.1) is 0 Å². The summed E-state index contributed by atoms with van der Waals surface area (Å²) in [4.78, 5) is 35.9. The maximum atomic E-state index is 11.9. The number of methoxy groups -OCH3 is 2. The quantitative estimate of drug-likeness (QED) is 0.646. The Bertz CT molecular complexity index is 562. The van der Waals surface area contributed by atoms with Crippen LogP contribution >= 0.6 is 0 Å². The van der Waals surface area contributed by atoms with Crippen molar-refractivity contribution in [1.29, 1.82) is 0 Å². The van der Waals surface area contributed by atoms with E-state index in [0.717, 1.165) is 0 Å². The number of carbonyl (C=O) groups is 3. The summed E-state index contributed by atoms with van der Waals surface area (Å²) in [5.74, 6) is -0.524. The second-order valence-corrected chi connectivity index (χ2v) is 4.81. The first-order valence-electron chi connectivity index (χ1n) is 6.90. The molecule has 1 aromatic rings. The molecule has 0 radical (unpaired) electrons. The number of ether oxygens (including phenoxy) is 2. The van der Waals surface area contributed by atoms with Crippen LogP contribution in [0.4, 0.5) is 5.69 Å². The maximum absolute atomic E-state index is 11.9. The minimum atomic E-state index is -0.531. The highest BCUT2D eigenvalue weighted by Gasteiger charge is 2.12. The molecule has 0 saturated heterocycles. The smallest absolute Gasteiger partial charge is 0.325 e. The van der Waals surface area contributed by atoms with E-state index < -0.39 is 5.97 Å². The normalized spacial score (nSPS) is 10.1. The van der Waals surface area contributed by atoms with Crippen LogP contribution in [0.3, 0.4) is 0 Å². The zero-order chi connectivity index (χ0) is 17.2. The molecular weight excluding hydrogens is 302 g/mol. The van der Waals surface area contributed by atoms with E-state index in [9.17, 15) is 14.4 Å². The first-order valence-corrected chi connectivity index (χ1v) is 6.90. The topological polar surface area (TPSA) is 97.0 Å². The van der Waals surface area contributed by atoms with Crippen LogP contribution in [-0.4, -0.2) is 63.6 Å². The van der Waals surface area contributed by atoms with Gasteiger partial charge in [-0.15, -0.1) is 0 Å². The Morgan fingerprint density at radius 3 is 2.48 bits per heavy atom. The van der Waals surface area contributed by atoms with Gasteiger partial charge in [0.05, 0.1) is 27.3 Å². The van der Waals surface area contributed by atoms with Crippen molar-refractivity contribution in [2.45, 2.75) is 0 Å². The van der Waals surface area contributed by atoms with Crippen molar-refractivity contribution in [2.75, 3.05) is 46.2 Å². The molecule has 2 N–H and O–H groups in total. The van der Waals surface area contributed by atoms with Gasteiger partial charge in [0, 0.05) is 11.8 Å². The fourth-order valence-electron chi connectivity index (χ4n) is 1.75. The Morgan fingerprint density at radius 2 is 1.83 bits per heavy atom. The monoisotopic (exact) mass is 323 g/mol. The molecule has 126 valence electrons. The van der Waals surface area contributed by atoms with E-state index in [1.165, 1.54) is 12.0 Å². The van der Waals surface area contributed by atoms with Crippen molar-refractivity contribution >= 4 is 23.5 Å². The lowest BCUT2D eigenvalue weighted by molar-refractivity contribution is -0.141. The molecule has 8 nitrogen and oxygen atoms in total. The number of hydrogen-bond acceptors (Lipinski definition) is 6. The molecule has 2 amide bonds. The van der Waals surface area contributed by atoms with Gasteiger partial charge in [0.2, 0.25) is 11.8 Å². The fraction of sp³-hybridized carbons (Fsp3) is 0.400. The number of hydrogen-bond donors (Lipinski definition) is 2. The lowest BCUT2D eigenvalue weighted by Gasteiger charge is -2.16. The predicted octanol–water partition coefficient (Wildman–Crippen LogP) is -0.145. The first-order chi connectivity index (χ1) is 10.9. The minimum Gasteiger partial charge on any atom is -0.497 e. The minimum absolute atomic E-state index is 0.0114. The summed E-state index contributed by atoms with van der Waals surface area (Å²) in [7, 11) is 4.41. The first kappa shape index (κ1) is 18.4. The van der Waals surface area contributed by atoms with Gasteiger partial charge in [-0.1, -0.05) is 6.07 Å². The fourth-order valence-corrected chi connectivity index (χ4v) is 1.75. The van der Waals surface area contributed by atoms with Gasteiger partial charge in [0.15, 0.2) is 0 Å². The average Bonchev–Trinajstić information content (AvgIpc) is 2.52. The number of amides is 2. The summed E-state index contributed by atoms with van der Waals surface area (Å²) in [6.45, 7) is -0.176. The lowest BCUT2D eigenvalue weighted by atomic mass is 10.3. The number of rotatable bonds is 8. The molecule has 8 heteroatoms. The van der Waals surface area contributed by atoms with Crippen molar-refractivity contribution in [3.63, 3.8) is 0 Å². The lowest BCUT2D eigenvalue weighted by Crippen LogP contribution is -2.40. The highest BCUT2D eigenvalue weighted by atomic mass is 16.5. The van der Waals surface area contributed by atoms with Crippen molar-refractivity contribution < 1.29 is 23.9 Å². The highest BCUT2D eigenvalue weighted by molar-refractivity contribution is 5.92. The third kappa shape index (κ3) is 7.28. The van der Waals surface area contributed by atoms with Crippen LogP contribution in [0.1, 0.15) is 0 Å². The van der Waals surface area contributed by atoms with Gasteiger partial charge < -0.3 is 20.1 Å². The molecule has 0 unspecified atom stereocenters. The van der Waals surface area contributed by atoms with Crippen molar-refractivity contribution in [3.8, 4) is 5.75 Å². The van der Waals surface area contributed by atoms with Crippen molar-refractivity contribution in [1.82, 2.24) is 10.2 Å². The summed E-state index contributed by atoms with van der Waals surface area (Å²) in [5, 5.41) is 5.11. The maximum Gasteiger partial charge on any atom is 0.325 e. The molecule has 0 spiro atoms. The largest absolute Gasteiger partial charge is 0.497 e. The predicted molar refractivity (Wildman–Crippen MR) is 84.1 cm³/mol. The van der Waals surface area contributed by atoms with Crippen LogP contribution in [0.15, 0.2) is 24.3 Å². The summed E-state index contributed by atoms with van der Waals surface area (Å²) in [6, 6.07) is 6.97. The zero-order valence-electron chi connectivity index (χ0n) is 13.4.